The number of benzene rings is 2. The maximum absolute atomic E-state index is 12.3. The number of hydrogen-bond donors (Lipinski definition) is 0. The average molecular weight is 283 g/mol. The molecule has 0 aliphatic heterocycles. The van der Waals surface area contributed by atoms with E-state index in [1.807, 2.05) is 67.4 Å². The van der Waals surface area contributed by atoms with Crippen LogP contribution in [-0.4, -0.2) is 31.4 Å². The van der Waals surface area contributed by atoms with Crippen molar-refractivity contribution >= 4 is 5.78 Å². The first-order valence-corrected chi connectivity index (χ1v) is 7.01. The summed E-state index contributed by atoms with van der Waals surface area (Å²) in [5.74, 6) is 0.998. The molecule has 0 saturated heterocycles. The summed E-state index contributed by atoms with van der Waals surface area (Å²) in [6, 6.07) is 15.6. The first kappa shape index (κ1) is 15.3. The molecule has 0 aliphatic carbocycles. The molecule has 3 heteroatoms. The van der Waals surface area contributed by atoms with Gasteiger partial charge in [-0.3, -0.25) is 9.69 Å². The third-order valence-corrected chi connectivity index (χ3v) is 3.49. The Hall–Kier alpha value is -2.13. The Morgan fingerprint density at radius 1 is 1.10 bits per heavy atom. The molecule has 0 N–H and O–H groups in total. The van der Waals surface area contributed by atoms with Crippen LogP contribution in [0.3, 0.4) is 0 Å². The molecule has 0 radical (unpaired) electrons. The van der Waals surface area contributed by atoms with E-state index < -0.39 is 0 Å². The van der Waals surface area contributed by atoms with Gasteiger partial charge in [0.15, 0.2) is 5.78 Å². The number of carbonyl (C=O) groups excluding carboxylic acids is 1. The molecule has 0 spiro atoms. The minimum Gasteiger partial charge on any atom is -0.496 e. The Labute approximate surface area is 126 Å². The highest BCUT2D eigenvalue weighted by molar-refractivity contribution is 5.98. The molecule has 0 aromatic heterocycles. The predicted octanol–water partition coefficient (Wildman–Crippen LogP) is 3.32. The van der Waals surface area contributed by atoms with Crippen molar-refractivity contribution in [1.29, 1.82) is 0 Å². The zero-order valence-electron chi connectivity index (χ0n) is 12.8. The van der Waals surface area contributed by atoms with Crippen molar-refractivity contribution in [2.45, 2.75) is 13.5 Å². The van der Waals surface area contributed by atoms with Gasteiger partial charge in [-0.05, 0) is 25.6 Å². The lowest BCUT2D eigenvalue weighted by molar-refractivity contribution is 0.0942. The molecule has 0 saturated carbocycles. The number of para-hydroxylation sites is 1. The lowest BCUT2D eigenvalue weighted by Gasteiger charge is -2.18. The number of likely N-dealkylation sites (N-methyl/N-ethyl adjacent to an activating group) is 1. The first-order valence-electron chi connectivity index (χ1n) is 7.01. The van der Waals surface area contributed by atoms with Crippen LogP contribution in [0.15, 0.2) is 48.5 Å². The summed E-state index contributed by atoms with van der Waals surface area (Å²) in [6.07, 6.45) is 0. The predicted molar refractivity (Wildman–Crippen MR) is 84.8 cm³/mol. The van der Waals surface area contributed by atoms with E-state index in [1.54, 1.807) is 7.11 Å². The molecule has 0 aliphatic rings. The molecular formula is C18H21NO2. The molecular weight excluding hydrogens is 262 g/mol. The summed E-state index contributed by atoms with van der Waals surface area (Å²) in [7, 11) is 3.61. The zero-order valence-corrected chi connectivity index (χ0v) is 12.8. The molecule has 2 aromatic rings. The zero-order chi connectivity index (χ0) is 15.2. The van der Waals surface area contributed by atoms with Crippen molar-refractivity contribution in [3.63, 3.8) is 0 Å². The number of hydrogen-bond acceptors (Lipinski definition) is 3. The van der Waals surface area contributed by atoms with Crippen LogP contribution in [0.2, 0.25) is 0 Å². The average Bonchev–Trinajstić information content (AvgIpc) is 2.48. The molecule has 2 aromatic carbocycles. The van der Waals surface area contributed by atoms with Crippen LogP contribution in [0.4, 0.5) is 0 Å². The quantitative estimate of drug-likeness (QED) is 0.762. The van der Waals surface area contributed by atoms with E-state index in [1.165, 1.54) is 0 Å². The minimum atomic E-state index is 0.144. The summed E-state index contributed by atoms with van der Waals surface area (Å²) in [5.41, 5.74) is 2.90. The van der Waals surface area contributed by atoms with E-state index in [4.69, 9.17) is 4.74 Å². The van der Waals surface area contributed by atoms with E-state index in [9.17, 15) is 4.79 Å². The number of methoxy groups -OCH3 is 1. The Balaban J connectivity index is 2.03. The van der Waals surface area contributed by atoms with Gasteiger partial charge in [0.25, 0.3) is 0 Å². The molecule has 0 atom stereocenters. The molecule has 0 amide bonds. The van der Waals surface area contributed by atoms with Gasteiger partial charge in [-0.25, -0.2) is 0 Å². The second-order valence-electron chi connectivity index (χ2n) is 5.22. The van der Waals surface area contributed by atoms with Gasteiger partial charge in [-0.1, -0.05) is 42.5 Å². The number of ketones is 1. The lowest BCUT2D eigenvalue weighted by atomic mass is 10.0. The van der Waals surface area contributed by atoms with E-state index in [2.05, 4.69) is 0 Å². The molecule has 0 heterocycles. The number of rotatable bonds is 6. The highest BCUT2D eigenvalue weighted by Crippen LogP contribution is 2.19. The molecule has 21 heavy (non-hydrogen) atoms. The van der Waals surface area contributed by atoms with Crippen molar-refractivity contribution in [3.05, 3.63) is 65.2 Å². The van der Waals surface area contributed by atoms with E-state index in [0.717, 1.165) is 22.4 Å². The second-order valence-corrected chi connectivity index (χ2v) is 5.22. The van der Waals surface area contributed by atoms with Crippen molar-refractivity contribution in [2.24, 2.45) is 0 Å². The molecule has 0 bridgehead atoms. The SMILES string of the molecule is COc1ccccc1CN(C)CC(=O)c1ccccc1C. The summed E-state index contributed by atoms with van der Waals surface area (Å²) in [6.45, 7) is 3.04. The summed E-state index contributed by atoms with van der Waals surface area (Å²) < 4.78 is 5.34. The maximum Gasteiger partial charge on any atom is 0.177 e. The number of aryl methyl sites for hydroxylation is 1. The van der Waals surface area contributed by atoms with Crippen LogP contribution in [0.25, 0.3) is 0 Å². The molecule has 3 nitrogen and oxygen atoms in total. The first-order chi connectivity index (χ1) is 10.1. The maximum atomic E-state index is 12.3. The van der Waals surface area contributed by atoms with Crippen LogP contribution in [0, 0.1) is 6.92 Å². The fourth-order valence-electron chi connectivity index (χ4n) is 2.40. The van der Waals surface area contributed by atoms with Gasteiger partial charge >= 0.3 is 0 Å². The second kappa shape index (κ2) is 7.04. The van der Waals surface area contributed by atoms with Gasteiger partial charge in [0.05, 0.1) is 13.7 Å². The van der Waals surface area contributed by atoms with Crippen molar-refractivity contribution in [2.75, 3.05) is 20.7 Å². The minimum absolute atomic E-state index is 0.144. The Bertz CT molecular complexity index is 622. The Morgan fingerprint density at radius 2 is 1.76 bits per heavy atom. The number of Topliss-reactive ketones (excluding diaryl/α,β-unsaturated/α-hetero) is 1. The van der Waals surface area contributed by atoms with Crippen LogP contribution in [0.1, 0.15) is 21.5 Å². The number of ether oxygens (including phenoxy) is 1. The Morgan fingerprint density at radius 3 is 2.48 bits per heavy atom. The normalized spacial score (nSPS) is 10.7. The standard InChI is InChI=1S/C18H21NO2/c1-14-8-4-6-10-16(14)17(20)13-19(2)12-15-9-5-7-11-18(15)21-3/h4-11H,12-13H2,1-3H3. The smallest absolute Gasteiger partial charge is 0.177 e. The van der Waals surface area contributed by atoms with Gasteiger partial charge in [0.1, 0.15) is 5.75 Å². The fraction of sp³-hybridized carbons (Fsp3) is 0.278. The summed E-state index contributed by atoms with van der Waals surface area (Å²) in [5, 5.41) is 0. The van der Waals surface area contributed by atoms with Crippen LogP contribution < -0.4 is 4.74 Å². The van der Waals surface area contributed by atoms with E-state index in [-0.39, 0.29) is 5.78 Å². The molecule has 0 fully saturated rings. The topological polar surface area (TPSA) is 29.5 Å². The van der Waals surface area contributed by atoms with Gasteiger partial charge in [0.2, 0.25) is 0 Å². The largest absolute Gasteiger partial charge is 0.496 e. The molecule has 2 rings (SSSR count). The van der Waals surface area contributed by atoms with Crippen molar-refractivity contribution < 1.29 is 9.53 Å². The van der Waals surface area contributed by atoms with Crippen LogP contribution in [-0.2, 0) is 6.54 Å². The van der Waals surface area contributed by atoms with E-state index in [0.29, 0.717) is 13.1 Å². The lowest BCUT2D eigenvalue weighted by Crippen LogP contribution is -2.26. The van der Waals surface area contributed by atoms with Crippen LogP contribution >= 0.6 is 0 Å². The van der Waals surface area contributed by atoms with Gasteiger partial charge < -0.3 is 4.74 Å². The monoisotopic (exact) mass is 283 g/mol. The van der Waals surface area contributed by atoms with Gasteiger partial charge in [-0.15, -0.1) is 0 Å². The van der Waals surface area contributed by atoms with Gasteiger partial charge in [0, 0.05) is 17.7 Å². The van der Waals surface area contributed by atoms with Crippen molar-refractivity contribution in [1.82, 2.24) is 4.90 Å². The third kappa shape index (κ3) is 3.92. The van der Waals surface area contributed by atoms with Crippen molar-refractivity contribution in [3.8, 4) is 5.75 Å². The number of nitrogens with zero attached hydrogens (tertiary/aromatic N) is 1. The highest BCUT2D eigenvalue weighted by atomic mass is 16.5. The highest BCUT2D eigenvalue weighted by Gasteiger charge is 2.12. The summed E-state index contributed by atoms with van der Waals surface area (Å²) >= 11 is 0. The number of carbonyl (C=O) groups is 1. The van der Waals surface area contributed by atoms with Crippen LogP contribution in [0.5, 0.6) is 5.75 Å². The fourth-order valence-corrected chi connectivity index (χ4v) is 2.40. The van der Waals surface area contributed by atoms with Gasteiger partial charge in [-0.2, -0.15) is 0 Å². The molecule has 110 valence electrons. The summed E-state index contributed by atoms with van der Waals surface area (Å²) in [4.78, 5) is 14.4. The van der Waals surface area contributed by atoms with E-state index >= 15 is 0 Å². The Kier molecular flexibility index (Phi) is 5.12. The molecule has 0 unspecified atom stereocenters. The third-order valence-electron chi connectivity index (χ3n) is 3.49.